The first-order valence-electron chi connectivity index (χ1n) is 18.7. The average Bonchev–Trinajstić information content (AvgIpc) is 3.55. The standard InChI is InChI=1S/C39H68N6O6/c1-13-26(6)35(44(10)39(49)33(24(2)3)42-38(48)34(25(4)5)43(8)9)31(50-11)23-32(46)45-21-15-18-30(45)36(51-12)27(7)37(47)41-20-19-28-16-14-17-29(40)22-28/h14,16-17,22,24-27,30-31,33-36H,13,15,18-21,23,40H2,1-12H3,(H,41,47)(H,42,48)/t26-,27+,30?,31+,33?,34?,35-,36+/m0/s1. The van der Waals surface area contributed by atoms with Crippen molar-refractivity contribution >= 4 is 29.3 Å². The zero-order valence-electron chi connectivity index (χ0n) is 33.4. The average molecular weight is 717 g/mol. The monoisotopic (exact) mass is 717 g/mol. The Morgan fingerprint density at radius 2 is 1.65 bits per heavy atom. The van der Waals surface area contributed by atoms with Crippen molar-refractivity contribution in [2.24, 2.45) is 23.7 Å². The van der Waals surface area contributed by atoms with Crippen LogP contribution in [0, 0.1) is 23.7 Å². The maximum Gasteiger partial charge on any atom is 0.245 e. The first-order chi connectivity index (χ1) is 24.0. The molecule has 1 saturated heterocycles. The fourth-order valence-corrected chi connectivity index (χ4v) is 7.65. The van der Waals surface area contributed by atoms with E-state index < -0.39 is 30.2 Å². The van der Waals surface area contributed by atoms with Crippen LogP contribution in [0.2, 0.25) is 0 Å². The summed E-state index contributed by atoms with van der Waals surface area (Å²) in [5, 5.41) is 6.07. The molecule has 3 unspecified atom stereocenters. The van der Waals surface area contributed by atoms with Crippen LogP contribution in [0.4, 0.5) is 5.69 Å². The first kappa shape index (κ1) is 43.9. The maximum absolute atomic E-state index is 14.2. The molecule has 0 spiro atoms. The van der Waals surface area contributed by atoms with Gasteiger partial charge < -0.3 is 35.6 Å². The molecule has 12 nitrogen and oxygen atoms in total. The molecule has 1 aliphatic heterocycles. The number of methoxy groups -OCH3 is 2. The van der Waals surface area contributed by atoms with Crippen molar-refractivity contribution in [3.8, 4) is 0 Å². The van der Waals surface area contributed by atoms with Gasteiger partial charge in [0.2, 0.25) is 23.6 Å². The summed E-state index contributed by atoms with van der Waals surface area (Å²) in [7, 11) is 8.64. The molecule has 8 atom stereocenters. The number of nitrogens with two attached hydrogens (primary N) is 1. The quantitative estimate of drug-likeness (QED) is 0.174. The number of nitrogen functional groups attached to an aromatic ring is 1. The van der Waals surface area contributed by atoms with E-state index in [1.165, 1.54) is 0 Å². The number of likely N-dealkylation sites (tertiary alicyclic amines) is 1. The molecule has 1 aromatic carbocycles. The van der Waals surface area contributed by atoms with Crippen LogP contribution in [0.15, 0.2) is 24.3 Å². The molecule has 1 aliphatic rings. The van der Waals surface area contributed by atoms with Gasteiger partial charge in [-0.25, -0.2) is 0 Å². The lowest BCUT2D eigenvalue weighted by molar-refractivity contribution is -0.148. The van der Waals surface area contributed by atoms with E-state index in [-0.39, 0.29) is 59.9 Å². The Bertz CT molecular complexity index is 1270. The van der Waals surface area contributed by atoms with Crippen molar-refractivity contribution in [1.82, 2.24) is 25.3 Å². The summed E-state index contributed by atoms with van der Waals surface area (Å²) in [6.45, 7) is 14.8. The number of hydrogen-bond acceptors (Lipinski definition) is 8. The molecule has 0 aromatic heterocycles. The van der Waals surface area contributed by atoms with Crippen molar-refractivity contribution in [2.45, 2.75) is 117 Å². The summed E-state index contributed by atoms with van der Waals surface area (Å²) in [4.78, 5) is 60.3. The predicted octanol–water partition coefficient (Wildman–Crippen LogP) is 3.57. The summed E-state index contributed by atoms with van der Waals surface area (Å²) < 4.78 is 11.9. The molecule has 1 heterocycles. The third-order valence-electron chi connectivity index (χ3n) is 10.6. The Hall–Kier alpha value is -3.22. The highest BCUT2D eigenvalue weighted by atomic mass is 16.5. The van der Waals surface area contributed by atoms with Crippen molar-refractivity contribution in [3.63, 3.8) is 0 Å². The van der Waals surface area contributed by atoms with Gasteiger partial charge in [-0.05, 0) is 68.8 Å². The van der Waals surface area contributed by atoms with Gasteiger partial charge in [-0.2, -0.15) is 0 Å². The van der Waals surface area contributed by atoms with E-state index in [0.717, 1.165) is 24.8 Å². The van der Waals surface area contributed by atoms with Crippen LogP contribution in [0.1, 0.15) is 79.7 Å². The third kappa shape index (κ3) is 11.9. The molecule has 4 N–H and O–H groups in total. The van der Waals surface area contributed by atoms with Crippen LogP contribution in [0.5, 0.6) is 0 Å². The molecular weight excluding hydrogens is 648 g/mol. The molecule has 0 aliphatic carbocycles. The summed E-state index contributed by atoms with van der Waals surface area (Å²) >= 11 is 0. The number of benzene rings is 1. The third-order valence-corrected chi connectivity index (χ3v) is 10.6. The van der Waals surface area contributed by atoms with Crippen molar-refractivity contribution in [3.05, 3.63) is 29.8 Å². The molecule has 1 aromatic rings. The van der Waals surface area contributed by atoms with E-state index in [0.29, 0.717) is 25.2 Å². The van der Waals surface area contributed by atoms with Gasteiger partial charge in [-0.3, -0.25) is 24.1 Å². The fourth-order valence-electron chi connectivity index (χ4n) is 7.65. The number of rotatable bonds is 20. The van der Waals surface area contributed by atoms with Crippen molar-refractivity contribution in [2.75, 3.05) is 54.2 Å². The second-order valence-electron chi connectivity index (χ2n) is 15.3. The summed E-state index contributed by atoms with van der Waals surface area (Å²) in [6, 6.07) is 5.78. The number of likely N-dealkylation sites (N-methyl/N-ethyl adjacent to an activating group) is 2. The van der Waals surface area contributed by atoms with Crippen molar-refractivity contribution in [1.29, 1.82) is 0 Å². The SMILES string of the molecule is CC[C@H](C)[C@@H]([C@@H](CC(=O)N1CCCC1[C@H](OC)[C@@H](C)C(=O)NCCc1cccc(N)c1)OC)N(C)C(=O)C(NC(=O)C(C(C)C)N(C)C)C(C)C. The Kier molecular flexibility index (Phi) is 17.9. The van der Waals surface area contributed by atoms with Gasteiger partial charge in [0.05, 0.1) is 42.7 Å². The van der Waals surface area contributed by atoms with E-state index >= 15 is 0 Å². The van der Waals surface area contributed by atoms with Gasteiger partial charge in [0, 0.05) is 40.0 Å². The molecule has 2 rings (SSSR count). The highest BCUT2D eigenvalue weighted by molar-refractivity contribution is 5.90. The Labute approximate surface area is 307 Å². The van der Waals surface area contributed by atoms with Gasteiger partial charge in [0.1, 0.15) is 6.04 Å². The highest BCUT2D eigenvalue weighted by Crippen LogP contribution is 2.29. The number of hydrogen-bond donors (Lipinski definition) is 3. The summed E-state index contributed by atoms with van der Waals surface area (Å²) in [6.07, 6.45) is 1.90. The number of amides is 4. The summed E-state index contributed by atoms with van der Waals surface area (Å²) in [5.41, 5.74) is 7.63. The molecule has 51 heavy (non-hydrogen) atoms. The molecule has 0 saturated carbocycles. The van der Waals surface area contributed by atoms with E-state index in [9.17, 15) is 19.2 Å². The van der Waals surface area contributed by atoms with E-state index in [2.05, 4.69) is 24.5 Å². The van der Waals surface area contributed by atoms with Crippen LogP contribution < -0.4 is 16.4 Å². The molecule has 4 amide bonds. The lowest BCUT2D eigenvalue weighted by Gasteiger charge is -2.41. The van der Waals surface area contributed by atoms with Crippen LogP contribution in [-0.2, 0) is 35.1 Å². The molecule has 0 radical (unpaired) electrons. The summed E-state index contributed by atoms with van der Waals surface area (Å²) in [5.74, 6) is -1.23. The first-order valence-corrected chi connectivity index (χ1v) is 18.7. The molecule has 1 fully saturated rings. The maximum atomic E-state index is 14.2. The van der Waals surface area contributed by atoms with Gasteiger partial charge in [-0.1, -0.05) is 67.0 Å². The van der Waals surface area contributed by atoms with E-state index in [4.69, 9.17) is 15.2 Å². The van der Waals surface area contributed by atoms with Crippen LogP contribution in [0.25, 0.3) is 0 Å². The fraction of sp³-hybridized carbons (Fsp3) is 0.744. The van der Waals surface area contributed by atoms with Gasteiger partial charge in [-0.15, -0.1) is 0 Å². The van der Waals surface area contributed by atoms with E-state index in [1.807, 2.05) is 82.8 Å². The zero-order chi connectivity index (χ0) is 38.6. The lowest BCUT2D eigenvalue weighted by atomic mass is 9.89. The lowest BCUT2D eigenvalue weighted by Crippen LogP contribution is -2.59. The van der Waals surface area contributed by atoms with Crippen molar-refractivity contribution < 1.29 is 28.7 Å². The Morgan fingerprint density at radius 3 is 2.18 bits per heavy atom. The van der Waals surface area contributed by atoms with Crippen LogP contribution in [-0.4, -0.2) is 123 Å². The highest BCUT2D eigenvalue weighted by Gasteiger charge is 2.43. The Morgan fingerprint density at radius 1 is 0.980 bits per heavy atom. The molecule has 12 heteroatoms. The van der Waals surface area contributed by atoms with Gasteiger partial charge >= 0.3 is 0 Å². The number of carbonyl (C=O) groups is 4. The van der Waals surface area contributed by atoms with Gasteiger partial charge in [0.25, 0.3) is 0 Å². The molecular formula is C39H68N6O6. The van der Waals surface area contributed by atoms with E-state index in [1.54, 1.807) is 26.2 Å². The number of nitrogens with one attached hydrogen (secondary N) is 2. The molecule has 290 valence electrons. The minimum absolute atomic E-state index is 0.00236. The largest absolute Gasteiger partial charge is 0.399 e. The minimum atomic E-state index is -0.743. The van der Waals surface area contributed by atoms with Gasteiger partial charge in [0.15, 0.2) is 0 Å². The zero-order valence-corrected chi connectivity index (χ0v) is 33.4. The molecule has 0 bridgehead atoms. The predicted molar refractivity (Wildman–Crippen MR) is 203 cm³/mol. The smallest absolute Gasteiger partial charge is 0.245 e. The number of anilines is 1. The second-order valence-corrected chi connectivity index (χ2v) is 15.3. The van der Waals surface area contributed by atoms with Crippen LogP contribution >= 0.6 is 0 Å². The topological polar surface area (TPSA) is 147 Å². The normalized spacial score (nSPS) is 19.0. The minimum Gasteiger partial charge on any atom is -0.399 e. The number of nitrogens with zero attached hydrogens (tertiary/aromatic N) is 3. The van der Waals surface area contributed by atoms with Crippen LogP contribution in [0.3, 0.4) is 0 Å². The second kappa shape index (κ2) is 20.7. The number of ether oxygens (including phenoxy) is 2. The number of carbonyl (C=O) groups excluding carboxylic acids is 4. The Balaban J connectivity index is 2.21.